The first-order valence-corrected chi connectivity index (χ1v) is 7.87. The molecule has 0 bridgehead atoms. The lowest BCUT2D eigenvalue weighted by Gasteiger charge is -2.08. The normalized spacial score (nSPS) is 12.0. The largest absolute Gasteiger partial charge is 0.496 e. The predicted molar refractivity (Wildman–Crippen MR) is 79.5 cm³/mol. The smallest absolute Gasteiger partial charge is 0.238 e. The first-order valence-electron chi connectivity index (χ1n) is 6.38. The van der Waals surface area contributed by atoms with E-state index in [1.165, 1.54) is 25.3 Å². The highest BCUT2D eigenvalue weighted by molar-refractivity contribution is 7.85. The molecule has 8 heteroatoms. The highest BCUT2D eigenvalue weighted by Gasteiger charge is 2.14. The number of hydrogen-bond donors (Lipinski definition) is 1. The van der Waals surface area contributed by atoms with Crippen LogP contribution in [-0.4, -0.2) is 28.1 Å². The number of carbonyl (C=O) groups excluding carboxylic acids is 1. The van der Waals surface area contributed by atoms with Crippen LogP contribution in [0.5, 0.6) is 5.75 Å². The molecule has 2 rings (SSSR count). The number of nitrogens with zero attached hydrogens (tertiary/aromatic N) is 1. The standard InChI is InChI=1S/C14H15FN2O4S/c1-9-5-13(17-21-9)16-14(18)8-22(19)7-10-6-11(15)3-4-12(10)20-2/h3-6H,7-8H2,1-2H3,(H,16,17,18)/t22-/m0/s1. The Labute approximate surface area is 129 Å². The topological polar surface area (TPSA) is 81.4 Å². The molecule has 1 aromatic heterocycles. The maximum absolute atomic E-state index is 13.2. The molecule has 1 N–H and O–H groups in total. The number of benzene rings is 1. The van der Waals surface area contributed by atoms with Gasteiger partial charge in [0.1, 0.15) is 23.1 Å². The molecule has 0 aliphatic rings. The van der Waals surface area contributed by atoms with Gasteiger partial charge >= 0.3 is 0 Å². The Morgan fingerprint density at radius 3 is 2.86 bits per heavy atom. The summed E-state index contributed by atoms with van der Waals surface area (Å²) in [5.74, 6) is 0.140. The molecule has 0 radical (unpaired) electrons. The molecule has 118 valence electrons. The molecule has 0 saturated carbocycles. The zero-order valence-corrected chi connectivity index (χ0v) is 12.9. The van der Waals surface area contributed by atoms with Gasteiger partial charge in [-0.1, -0.05) is 5.16 Å². The minimum absolute atomic E-state index is 0.0200. The molecule has 1 amide bonds. The molecule has 2 aromatic rings. The van der Waals surface area contributed by atoms with E-state index in [2.05, 4.69) is 10.5 Å². The number of halogens is 1. The summed E-state index contributed by atoms with van der Waals surface area (Å²) < 4.78 is 35.2. The van der Waals surface area contributed by atoms with Crippen LogP contribution in [0, 0.1) is 12.7 Å². The van der Waals surface area contributed by atoms with Gasteiger partial charge in [-0.05, 0) is 25.1 Å². The van der Waals surface area contributed by atoms with Crippen LogP contribution in [-0.2, 0) is 21.3 Å². The van der Waals surface area contributed by atoms with Crippen molar-refractivity contribution in [2.75, 3.05) is 18.2 Å². The number of methoxy groups -OCH3 is 1. The monoisotopic (exact) mass is 326 g/mol. The van der Waals surface area contributed by atoms with Crippen LogP contribution >= 0.6 is 0 Å². The second kappa shape index (κ2) is 7.17. The molecular weight excluding hydrogens is 311 g/mol. The second-order valence-electron chi connectivity index (χ2n) is 4.56. The van der Waals surface area contributed by atoms with Crippen LogP contribution in [0.25, 0.3) is 0 Å². The number of aromatic nitrogens is 1. The van der Waals surface area contributed by atoms with Crippen molar-refractivity contribution in [3.05, 3.63) is 41.4 Å². The van der Waals surface area contributed by atoms with Crippen LogP contribution < -0.4 is 10.1 Å². The average molecular weight is 326 g/mol. The van der Waals surface area contributed by atoms with Gasteiger partial charge in [0.25, 0.3) is 0 Å². The van der Waals surface area contributed by atoms with Gasteiger partial charge in [-0.2, -0.15) is 0 Å². The molecule has 1 aromatic carbocycles. The van der Waals surface area contributed by atoms with Crippen molar-refractivity contribution in [3.8, 4) is 5.75 Å². The number of hydrogen-bond acceptors (Lipinski definition) is 5. The SMILES string of the molecule is COc1ccc(F)cc1C[S@](=O)CC(=O)Nc1cc(C)on1. The zero-order valence-electron chi connectivity index (χ0n) is 12.1. The van der Waals surface area contributed by atoms with Gasteiger partial charge < -0.3 is 14.6 Å². The maximum atomic E-state index is 13.2. The fourth-order valence-corrected chi connectivity index (χ4v) is 2.87. The first kappa shape index (κ1) is 16.2. The van der Waals surface area contributed by atoms with Crippen molar-refractivity contribution in [3.63, 3.8) is 0 Å². The van der Waals surface area contributed by atoms with E-state index in [1.54, 1.807) is 13.0 Å². The Bertz CT molecular complexity index is 702. The summed E-state index contributed by atoms with van der Waals surface area (Å²) in [5.41, 5.74) is 0.450. The zero-order chi connectivity index (χ0) is 16.1. The Morgan fingerprint density at radius 1 is 1.45 bits per heavy atom. The fraction of sp³-hybridized carbons (Fsp3) is 0.286. The molecule has 22 heavy (non-hydrogen) atoms. The molecule has 0 saturated heterocycles. The minimum Gasteiger partial charge on any atom is -0.496 e. The molecule has 0 unspecified atom stereocenters. The Balaban J connectivity index is 1.95. The van der Waals surface area contributed by atoms with Gasteiger partial charge in [0.2, 0.25) is 5.91 Å². The number of ether oxygens (including phenoxy) is 1. The van der Waals surface area contributed by atoms with Gasteiger partial charge in [-0.15, -0.1) is 0 Å². The van der Waals surface area contributed by atoms with E-state index in [4.69, 9.17) is 9.26 Å². The summed E-state index contributed by atoms with van der Waals surface area (Å²) in [6, 6.07) is 5.51. The van der Waals surface area contributed by atoms with Crippen LogP contribution in [0.15, 0.2) is 28.8 Å². The third-order valence-electron chi connectivity index (χ3n) is 2.75. The first-order chi connectivity index (χ1) is 10.5. The highest BCUT2D eigenvalue weighted by Crippen LogP contribution is 2.21. The molecule has 1 atom stereocenters. The van der Waals surface area contributed by atoms with Crippen molar-refractivity contribution < 1.29 is 22.7 Å². The Kier molecular flexibility index (Phi) is 5.26. The summed E-state index contributed by atoms with van der Waals surface area (Å²) in [6.07, 6.45) is 0. The summed E-state index contributed by atoms with van der Waals surface area (Å²) in [5, 5.41) is 6.09. The molecule has 0 spiro atoms. The predicted octanol–water partition coefficient (Wildman–Crippen LogP) is 2.02. The maximum Gasteiger partial charge on any atom is 0.238 e. The van der Waals surface area contributed by atoms with E-state index >= 15 is 0 Å². The van der Waals surface area contributed by atoms with E-state index < -0.39 is 22.5 Å². The molecule has 0 aliphatic carbocycles. The Morgan fingerprint density at radius 2 is 2.23 bits per heavy atom. The van der Waals surface area contributed by atoms with Crippen LogP contribution in [0.2, 0.25) is 0 Å². The average Bonchev–Trinajstić information content (AvgIpc) is 2.83. The van der Waals surface area contributed by atoms with Gasteiger partial charge in [0, 0.05) is 22.4 Å². The van der Waals surface area contributed by atoms with Crippen molar-refractivity contribution in [2.24, 2.45) is 0 Å². The number of carbonyl (C=O) groups is 1. The van der Waals surface area contributed by atoms with E-state index in [0.717, 1.165) is 0 Å². The number of amides is 1. The van der Waals surface area contributed by atoms with Crippen LogP contribution in [0.4, 0.5) is 10.2 Å². The number of rotatable bonds is 6. The van der Waals surface area contributed by atoms with E-state index in [0.29, 0.717) is 17.1 Å². The lowest BCUT2D eigenvalue weighted by Crippen LogP contribution is -2.20. The van der Waals surface area contributed by atoms with E-state index in [1.807, 2.05) is 0 Å². The van der Waals surface area contributed by atoms with Crippen LogP contribution in [0.1, 0.15) is 11.3 Å². The van der Waals surface area contributed by atoms with Gasteiger partial charge in [0.15, 0.2) is 5.82 Å². The van der Waals surface area contributed by atoms with E-state index in [9.17, 15) is 13.4 Å². The number of aryl methyl sites for hydroxylation is 1. The molecule has 6 nitrogen and oxygen atoms in total. The highest BCUT2D eigenvalue weighted by atomic mass is 32.2. The lowest BCUT2D eigenvalue weighted by atomic mass is 10.2. The van der Waals surface area contributed by atoms with Crippen molar-refractivity contribution >= 4 is 22.5 Å². The third kappa shape index (κ3) is 4.39. The van der Waals surface area contributed by atoms with Gasteiger partial charge in [0.05, 0.1) is 12.9 Å². The third-order valence-corrected chi connectivity index (χ3v) is 3.96. The lowest BCUT2D eigenvalue weighted by molar-refractivity contribution is -0.113. The summed E-state index contributed by atoms with van der Waals surface area (Å²) in [4.78, 5) is 11.8. The molecule has 1 heterocycles. The van der Waals surface area contributed by atoms with Gasteiger partial charge in [-0.3, -0.25) is 9.00 Å². The number of nitrogens with one attached hydrogen (secondary N) is 1. The van der Waals surface area contributed by atoms with Crippen LogP contribution in [0.3, 0.4) is 0 Å². The molecule has 0 aliphatic heterocycles. The number of anilines is 1. The quantitative estimate of drug-likeness (QED) is 0.878. The summed E-state index contributed by atoms with van der Waals surface area (Å²) in [6.45, 7) is 1.69. The van der Waals surface area contributed by atoms with Crippen molar-refractivity contribution in [2.45, 2.75) is 12.7 Å². The van der Waals surface area contributed by atoms with Gasteiger partial charge in [-0.25, -0.2) is 4.39 Å². The van der Waals surface area contributed by atoms with E-state index in [-0.39, 0.29) is 17.3 Å². The second-order valence-corrected chi connectivity index (χ2v) is 6.01. The molecule has 0 fully saturated rings. The van der Waals surface area contributed by atoms with Crippen molar-refractivity contribution in [1.29, 1.82) is 0 Å². The fourth-order valence-electron chi connectivity index (χ4n) is 1.83. The minimum atomic E-state index is -1.51. The Hall–Kier alpha value is -2.22. The van der Waals surface area contributed by atoms with Crippen molar-refractivity contribution in [1.82, 2.24) is 5.16 Å². The summed E-state index contributed by atoms with van der Waals surface area (Å²) >= 11 is 0. The molecular formula is C14H15FN2O4S. The summed E-state index contributed by atoms with van der Waals surface area (Å²) in [7, 11) is -0.0615.